The quantitative estimate of drug-likeness (QED) is 0.572. The summed E-state index contributed by atoms with van der Waals surface area (Å²) in [6.45, 7) is 10.5. The Morgan fingerprint density at radius 3 is 2.42 bits per heavy atom. The fourth-order valence-electron chi connectivity index (χ4n) is 1.56. The Hall–Kier alpha value is -0.770. The summed E-state index contributed by atoms with van der Waals surface area (Å²) in [4.78, 5) is 0. The van der Waals surface area contributed by atoms with Crippen LogP contribution in [-0.4, -0.2) is 0 Å². The van der Waals surface area contributed by atoms with Crippen LogP contribution in [-0.2, 0) is 0 Å². The van der Waals surface area contributed by atoms with Crippen molar-refractivity contribution in [1.29, 1.82) is 5.26 Å². The van der Waals surface area contributed by atoms with Crippen molar-refractivity contribution in [2.24, 2.45) is 11.8 Å². The van der Waals surface area contributed by atoms with Crippen LogP contribution in [0.3, 0.4) is 0 Å². The summed E-state index contributed by atoms with van der Waals surface area (Å²) in [6.07, 6.45) is 2.75. The minimum absolute atomic E-state index is 0.516. The van der Waals surface area contributed by atoms with Crippen molar-refractivity contribution in [2.75, 3.05) is 0 Å². The molecule has 0 aliphatic heterocycles. The molecule has 0 aromatic carbocycles. The molecule has 1 nitrogen and oxygen atoms in total. The summed E-state index contributed by atoms with van der Waals surface area (Å²) in [7, 11) is 0. The fraction of sp³-hybridized carbons (Fsp3) is 0.727. The molecule has 0 aliphatic rings. The highest BCUT2D eigenvalue weighted by Crippen LogP contribution is 2.19. The van der Waals surface area contributed by atoms with Crippen LogP contribution in [0.25, 0.3) is 0 Å². The molecule has 0 heterocycles. The third kappa shape index (κ3) is 5.97. The van der Waals surface area contributed by atoms with Crippen molar-refractivity contribution in [3.8, 4) is 6.07 Å². The molecule has 1 heteroatoms. The lowest BCUT2D eigenvalue weighted by molar-refractivity contribution is 0.435. The van der Waals surface area contributed by atoms with E-state index in [2.05, 4.69) is 33.4 Å². The van der Waals surface area contributed by atoms with Gasteiger partial charge in [0.05, 0.1) is 12.5 Å². The normalized spacial score (nSPS) is 12.6. The Bertz CT molecular complexity index is 174. The molecule has 68 valence electrons. The zero-order valence-corrected chi connectivity index (χ0v) is 8.43. The van der Waals surface area contributed by atoms with Gasteiger partial charge in [0.15, 0.2) is 0 Å². The van der Waals surface area contributed by atoms with Crippen LogP contribution in [0.5, 0.6) is 0 Å². The third-order valence-electron chi connectivity index (χ3n) is 1.84. The maximum Gasteiger partial charge on any atom is 0.0666 e. The first kappa shape index (κ1) is 11.2. The predicted molar refractivity (Wildman–Crippen MR) is 52.6 cm³/mol. The van der Waals surface area contributed by atoms with Crippen LogP contribution < -0.4 is 0 Å². The van der Waals surface area contributed by atoms with Crippen LogP contribution >= 0.6 is 0 Å². The molecule has 1 unspecified atom stereocenters. The maximum atomic E-state index is 8.42. The van der Waals surface area contributed by atoms with Crippen LogP contribution in [0.15, 0.2) is 12.2 Å². The predicted octanol–water partition coefficient (Wildman–Crippen LogP) is 3.53. The summed E-state index contributed by atoms with van der Waals surface area (Å²) in [5.41, 5.74) is 1.07. The second-order valence-corrected chi connectivity index (χ2v) is 4.02. The van der Waals surface area contributed by atoms with Gasteiger partial charge in [0, 0.05) is 0 Å². The first-order valence-electron chi connectivity index (χ1n) is 4.59. The smallest absolute Gasteiger partial charge is 0.0666 e. The first-order valence-corrected chi connectivity index (χ1v) is 4.59. The second-order valence-electron chi connectivity index (χ2n) is 4.02. The molecule has 0 aliphatic carbocycles. The van der Waals surface area contributed by atoms with Crippen molar-refractivity contribution in [2.45, 2.75) is 40.0 Å². The molecule has 1 atom stereocenters. The highest BCUT2D eigenvalue weighted by molar-refractivity contribution is 5.02. The second kappa shape index (κ2) is 5.83. The topological polar surface area (TPSA) is 23.8 Å². The maximum absolute atomic E-state index is 8.42. The zero-order valence-electron chi connectivity index (χ0n) is 8.43. The SMILES string of the molecule is C=C(CC#N)CC(C)CC(C)C. The van der Waals surface area contributed by atoms with Crippen LogP contribution in [0, 0.1) is 23.2 Å². The van der Waals surface area contributed by atoms with Crippen molar-refractivity contribution < 1.29 is 0 Å². The summed E-state index contributed by atoms with van der Waals surface area (Å²) < 4.78 is 0. The van der Waals surface area contributed by atoms with Crippen LogP contribution in [0.4, 0.5) is 0 Å². The molecule has 0 fully saturated rings. The van der Waals surface area contributed by atoms with Gasteiger partial charge in [-0.2, -0.15) is 5.26 Å². The lowest BCUT2D eigenvalue weighted by Crippen LogP contribution is -2.00. The van der Waals surface area contributed by atoms with Crippen molar-refractivity contribution >= 4 is 0 Å². The van der Waals surface area contributed by atoms with Gasteiger partial charge in [-0.3, -0.25) is 0 Å². The Labute approximate surface area is 76.1 Å². The Balaban J connectivity index is 3.63. The molecule has 0 rings (SSSR count). The van der Waals surface area contributed by atoms with Gasteiger partial charge >= 0.3 is 0 Å². The van der Waals surface area contributed by atoms with Gasteiger partial charge in [-0.15, -0.1) is 0 Å². The van der Waals surface area contributed by atoms with E-state index in [1.54, 1.807) is 0 Å². The number of rotatable bonds is 5. The van der Waals surface area contributed by atoms with Crippen LogP contribution in [0.2, 0.25) is 0 Å². The average molecular weight is 165 g/mol. The van der Waals surface area contributed by atoms with Crippen LogP contribution in [0.1, 0.15) is 40.0 Å². The van der Waals surface area contributed by atoms with Gasteiger partial charge in [0.25, 0.3) is 0 Å². The molecule has 0 saturated carbocycles. The first-order chi connectivity index (χ1) is 5.56. The Kier molecular flexibility index (Phi) is 5.45. The molecule has 0 radical (unpaired) electrons. The minimum Gasteiger partial charge on any atom is -0.198 e. The van der Waals surface area contributed by atoms with Gasteiger partial charge in [0.1, 0.15) is 0 Å². The molecular formula is C11H19N. The monoisotopic (exact) mass is 165 g/mol. The Morgan fingerprint density at radius 2 is 2.00 bits per heavy atom. The average Bonchev–Trinajstić information content (AvgIpc) is 1.84. The van der Waals surface area contributed by atoms with E-state index in [9.17, 15) is 0 Å². The van der Waals surface area contributed by atoms with Crippen molar-refractivity contribution in [3.63, 3.8) is 0 Å². The summed E-state index contributed by atoms with van der Waals surface area (Å²) in [6, 6.07) is 2.13. The molecule has 0 spiro atoms. The lowest BCUT2D eigenvalue weighted by Gasteiger charge is -2.13. The molecular weight excluding hydrogens is 146 g/mol. The van der Waals surface area contributed by atoms with Gasteiger partial charge in [-0.25, -0.2) is 0 Å². The van der Waals surface area contributed by atoms with Gasteiger partial charge in [-0.1, -0.05) is 32.9 Å². The Morgan fingerprint density at radius 1 is 1.42 bits per heavy atom. The molecule has 0 N–H and O–H groups in total. The molecule has 0 saturated heterocycles. The van der Waals surface area contributed by atoms with Gasteiger partial charge in [-0.05, 0) is 24.7 Å². The van der Waals surface area contributed by atoms with E-state index in [0.717, 1.165) is 17.9 Å². The molecule has 0 bridgehead atoms. The van der Waals surface area contributed by atoms with Crippen molar-refractivity contribution in [3.05, 3.63) is 12.2 Å². The largest absolute Gasteiger partial charge is 0.198 e. The number of nitriles is 1. The molecule has 0 aromatic rings. The van der Waals surface area contributed by atoms with E-state index in [4.69, 9.17) is 5.26 Å². The summed E-state index contributed by atoms with van der Waals surface area (Å²) >= 11 is 0. The highest BCUT2D eigenvalue weighted by atomic mass is 14.2. The van der Waals surface area contributed by atoms with Gasteiger partial charge in [0.2, 0.25) is 0 Å². The van der Waals surface area contributed by atoms with E-state index in [0.29, 0.717) is 12.3 Å². The zero-order chi connectivity index (χ0) is 9.56. The lowest BCUT2D eigenvalue weighted by atomic mass is 9.92. The van der Waals surface area contributed by atoms with E-state index in [1.807, 2.05) is 0 Å². The van der Waals surface area contributed by atoms with E-state index < -0.39 is 0 Å². The number of allylic oxidation sites excluding steroid dienone is 1. The summed E-state index contributed by atoms with van der Waals surface area (Å²) in [5, 5.41) is 8.42. The highest BCUT2D eigenvalue weighted by Gasteiger charge is 2.06. The van der Waals surface area contributed by atoms with E-state index in [1.165, 1.54) is 6.42 Å². The minimum atomic E-state index is 0.516. The number of nitrogens with zero attached hydrogens (tertiary/aromatic N) is 1. The van der Waals surface area contributed by atoms with E-state index >= 15 is 0 Å². The molecule has 0 amide bonds. The molecule has 0 aromatic heterocycles. The number of hydrogen-bond acceptors (Lipinski definition) is 1. The third-order valence-corrected chi connectivity index (χ3v) is 1.84. The summed E-state index contributed by atoms with van der Waals surface area (Å²) in [5.74, 6) is 1.42. The standard InChI is InChI=1S/C11H19N/c1-9(2)7-11(4)8-10(3)5-6-12/h9,11H,3,5,7-8H2,1-2,4H3. The van der Waals surface area contributed by atoms with E-state index in [-0.39, 0.29) is 0 Å². The number of hydrogen-bond donors (Lipinski definition) is 0. The molecule has 12 heavy (non-hydrogen) atoms. The fourth-order valence-corrected chi connectivity index (χ4v) is 1.56. The van der Waals surface area contributed by atoms with Gasteiger partial charge < -0.3 is 0 Å². The van der Waals surface area contributed by atoms with Crippen molar-refractivity contribution in [1.82, 2.24) is 0 Å².